The number of benzene rings is 2. The van der Waals surface area contributed by atoms with E-state index in [0.29, 0.717) is 5.56 Å². The van der Waals surface area contributed by atoms with Crippen molar-refractivity contribution < 1.29 is 4.42 Å². The molecule has 108 valence electrons. The van der Waals surface area contributed by atoms with Crippen molar-refractivity contribution in [2.45, 2.75) is 18.9 Å². The van der Waals surface area contributed by atoms with E-state index in [0.717, 1.165) is 47.5 Å². The van der Waals surface area contributed by atoms with Crippen molar-refractivity contribution in [2.75, 3.05) is 6.54 Å². The highest BCUT2D eigenvalue weighted by molar-refractivity contribution is 5.80. The smallest absolute Gasteiger partial charge is 0.212 e. The van der Waals surface area contributed by atoms with Gasteiger partial charge >= 0.3 is 0 Å². The SMILES string of the molecule is N#Cc1cccc(-c2ccc3oc(C4CCCN4)nc3c2)c1. The summed E-state index contributed by atoms with van der Waals surface area (Å²) >= 11 is 0. The minimum absolute atomic E-state index is 0.234. The Morgan fingerprint density at radius 2 is 2.09 bits per heavy atom. The van der Waals surface area contributed by atoms with Crippen LogP contribution in [0.15, 0.2) is 46.9 Å². The van der Waals surface area contributed by atoms with E-state index in [1.54, 1.807) is 0 Å². The van der Waals surface area contributed by atoms with Crippen LogP contribution in [0.25, 0.3) is 22.2 Å². The summed E-state index contributed by atoms with van der Waals surface area (Å²) in [5.41, 5.74) is 4.40. The van der Waals surface area contributed by atoms with Gasteiger partial charge in [0.1, 0.15) is 5.52 Å². The van der Waals surface area contributed by atoms with Crippen LogP contribution in [0.2, 0.25) is 0 Å². The average molecular weight is 289 g/mol. The lowest BCUT2D eigenvalue weighted by molar-refractivity contribution is 0.452. The van der Waals surface area contributed by atoms with Gasteiger partial charge in [0.2, 0.25) is 5.89 Å². The van der Waals surface area contributed by atoms with Gasteiger partial charge < -0.3 is 9.73 Å². The van der Waals surface area contributed by atoms with Gasteiger partial charge in [-0.2, -0.15) is 5.26 Å². The Hall–Kier alpha value is -2.64. The number of nitriles is 1. The van der Waals surface area contributed by atoms with Crippen molar-refractivity contribution in [2.24, 2.45) is 0 Å². The van der Waals surface area contributed by atoms with Gasteiger partial charge in [-0.1, -0.05) is 18.2 Å². The van der Waals surface area contributed by atoms with Crippen LogP contribution >= 0.6 is 0 Å². The first-order chi connectivity index (χ1) is 10.8. The third-order valence-electron chi connectivity index (χ3n) is 4.09. The van der Waals surface area contributed by atoms with Crippen LogP contribution in [0.1, 0.15) is 30.3 Å². The molecule has 1 saturated heterocycles. The lowest BCUT2D eigenvalue weighted by Crippen LogP contribution is -2.12. The van der Waals surface area contributed by atoms with Crippen LogP contribution < -0.4 is 5.32 Å². The third kappa shape index (κ3) is 2.26. The molecule has 0 amide bonds. The maximum Gasteiger partial charge on any atom is 0.212 e. The van der Waals surface area contributed by atoms with Crippen LogP contribution in [0.5, 0.6) is 0 Å². The van der Waals surface area contributed by atoms with Crippen molar-refractivity contribution in [3.8, 4) is 17.2 Å². The first-order valence-electron chi connectivity index (χ1n) is 7.48. The van der Waals surface area contributed by atoms with E-state index in [1.165, 1.54) is 0 Å². The molecule has 0 radical (unpaired) electrons. The average Bonchev–Trinajstić information content (AvgIpc) is 3.23. The van der Waals surface area contributed by atoms with Crippen molar-refractivity contribution in [1.82, 2.24) is 10.3 Å². The van der Waals surface area contributed by atoms with E-state index in [4.69, 9.17) is 9.68 Å². The number of fused-ring (bicyclic) bond motifs is 1. The molecule has 0 aliphatic carbocycles. The molecule has 2 aromatic carbocycles. The summed E-state index contributed by atoms with van der Waals surface area (Å²) in [7, 11) is 0. The molecule has 22 heavy (non-hydrogen) atoms. The fraction of sp³-hybridized carbons (Fsp3) is 0.222. The minimum Gasteiger partial charge on any atom is -0.439 e. The van der Waals surface area contributed by atoms with E-state index in [2.05, 4.69) is 16.4 Å². The Bertz CT molecular complexity index is 869. The first kappa shape index (κ1) is 13.1. The zero-order valence-electron chi connectivity index (χ0n) is 12.0. The number of nitrogens with zero attached hydrogens (tertiary/aromatic N) is 2. The summed E-state index contributed by atoms with van der Waals surface area (Å²) in [4.78, 5) is 4.63. The standard InChI is InChI=1S/C18H15N3O/c19-11-12-3-1-4-13(9-12)14-6-7-17-16(10-14)21-18(22-17)15-5-2-8-20-15/h1,3-4,6-7,9-10,15,20H,2,5,8H2. The zero-order valence-corrected chi connectivity index (χ0v) is 12.0. The van der Waals surface area contributed by atoms with Crippen molar-refractivity contribution in [3.63, 3.8) is 0 Å². The number of oxazole rings is 1. The number of rotatable bonds is 2. The number of hydrogen-bond donors (Lipinski definition) is 1. The van der Waals surface area contributed by atoms with Gasteiger partial charge in [0.25, 0.3) is 0 Å². The summed E-state index contributed by atoms with van der Waals surface area (Å²) in [6.07, 6.45) is 2.24. The molecule has 3 aromatic rings. The molecule has 2 heterocycles. The lowest BCUT2D eigenvalue weighted by Gasteiger charge is -2.02. The monoisotopic (exact) mass is 289 g/mol. The van der Waals surface area contributed by atoms with E-state index in [-0.39, 0.29) is 6.04 Å². The third-order valence-corrected chi connectivity index (χ3v) is 4.09. The molecular formula is C18H15N3O. The highest BCUT2D eigenvalue weighted by Gasteiger charge is 2.21. The fourth-order valence-electron chi connectivity index (χ4n) is 2.94. The van der Waals surface area contributed by atoms with Gasteiger partial charge in [-0.05, 0) is 54.8 Å². The predicted molar refractivity (Wildman–Crippen MR) is 84.1 cm³/mol. The molecule has 4 rings (SSSR count). The van der Waals surface area contributed by atoms with E-state index >= 15 is 0 Å². The van der Waals surface area contributed by atoms with E-state index in [1.807, 2.05) is 42.5 Å². The van der Waals surface area contributed by atoms with Gasteiger partial charge in [-0.15, -0.1) is 0 Å². The van der Waals surface area contributed by atoms with Crippen LogP contribution in [0.4, 0.5) is 0 Å². The summed E-state index contributed by atoms with van der Waals surface area (Å²) in [6, 6.07) is 16.0. The van der Waals surface area contributed by atoms with Crippen LogP contribution in [0, 0.1) is 11.3 Å². The zero-order chi connectivity index (χ0) is 14.9. The molecule has 1 fully saturated rings. The molecule has 0 spiro atoms. The Balaban J connectivity index is 1.75. The van der Waals surface area contributed by atoms with Gasteiger partial charge in [-0.25, -0.2) is 4.98 Å². The molecular weight excluding hydrogens is 274 g/mol. The maximum atomic E-state index is 9.02. The molecule has 0 bridgehead atoms. The molecule has 1 N–H and O–H groups in total. The van der Waals surface area contributed by atoms with Gasteiger partial charge in [0.05, 0.1) is 17.7 Å². The van der Waals surface area contributed by atoms with E-state index in [9.17, 15) is 0 Å². The van der Waals surface area contributed by atoms with Gasteiger partial charge in [0.15, 0.2) is 5.58 Å². The number of nitrogens with one attached hydrogen (secondary N) is 1. The Labute approximate surface area is 128 Å². The van der Waals surface area contributed by atoms with Crippen molar-refractivity contribution in [1.29, 1.82) is 5.26 Å². The molecule has 1 aliphatic rings. The molecule has 1 unspecified atom stereocenters. The summed E-state index contributed by atoms with van der Waals surface area (Å²) in [6.45, 7) is 1.02. The summed E-state index contributed by atoms with van der Waals surface area (Å²) in [5.74, 6) is 0.774. The highest BCUT2D eigenvalue weighted by atomic mass is 16.3. The van der Waals surface area contributed by atoms with Crippen molar-refractivity contribution >= 4 is 11.1 Å². The Morgan fingerprint density at radius 3 is 2.91 bits per heavy atom. The Kier molecular flexibility index (Phi) is 3.14. The molecule has 1 atom stereocenters. The second-order valence-corrected chi connectivity index (χ2v) is 5.58. The maximum absolute atomic E-state index is 9.02. The molecule has 4 heteroatoms. The Morgan fingerprint density at radius 1 is 1.18 bits per heavy atom. The van der Waals surface area contributed by atoms with Crippen molar-refractivity contribution in [3.05, 3.63) is 53.9 Å². The fourth-order valence-corrected chi connectivity index (χ4v) is 2.94. The minimum atomic E-state index is 0.234. The highest BCUT2D eigenvalue weighted by Crippen LogP contribution is 2.29. The first-order valence-corrected chi connectivity index (χ1v) is 7.48. The largest absolute Gasteiger partial charge is 0.439 e. The van der Waals surface area contributed by atoms with Crippen LogP contribution in [-0.2, 0) is 0 Å². The number of aromatic nitrogens is 1. The summed E-state index contributed by atoms with van der Waals surface area (Å²) < 4.78 is 5.86. The quantitative estimate of drug-likeness (QED) is 0.779. The molecule has 1 aliphatic heterocycles. The van der Waals surface area contributed by atoms with Gasteiger partial charge in [-0.3, -0.25) is 0 Å². The van der Waals surface area contributed by atoms with Crippen LogP contribution in [-0.4, -0.2) is 11.5 Å². The van der Waals surface area contributed by atoms with Crippen LogP contribution in [0.3, 0.4) is 0 Å². The van der Waals surface area contributed by atoms with Gasteiger partial charge in [0, 0.05) is 0 Å². The number of hydrogen-bond acceptors (Lipinski definition) is 4. The molecule has 0 saturated carbocycles. The second-order valence-electron chi connectivity index (χ2n) is 5.58. The second kappa shape index (κ2) is 5.28. The molecule has 4 nitrogen and oxygen atoms in total. The van der Waals surface area contributed by atoms with E-state index < -0.39 is 0 Å². The predicted octanol–water partition coefficient (Wildman–Crippen LogP) is 3.79. The lowest BCUT2D eigenvalue weighted by atomic mass is 10.0. The molecule has 1 aromatic heterocycles. The summed E-state index contributed by atoms with van der Waals surface area (Å²) in [5, 5.41) is 12.4. The topological polar surface area (TPSA) is 61.9 Å². The normalized spacial score (nSPS) is 17.7.